The van der Waals surface area contributed by atoms with E-state index in [2.05, 4.69) is 0 Å². The second-order valence-corrected chi connectivity index (χ2v) is 2.53. The number of hydrogen-bond donors (Lipinski definition) is 1. The molecule has 0 aliphatic heterocycles. The molecular formula is C8H7F4N. The fourth-order valence-electron chi connectivity index (χ4n) is 0.908. The second kappa shape index (κ2) is 3.74. The average molecular weight is 193 g/mol. The van der Waals surface area contributed by atoms with Gasteiger partial charge in [0.15, 0.2) is 0 Å². The lowest BCUT2D eigenvalue weighted by atomic mass is 10.1. The molecule has 0 aromatic heterocycles. The van der Waals surface area contributed by atoms with Crippen LogP contribution in [-0.4, -0.2) is 6.43 Å². The highest BCUT2D eigenvalue weighted by Crippen LogP contribution is 2.21. The predicted octanol–water partition coefficient (Wildman–Crippen LogP) is 2.23. The van der Waals surface area contributed by atoms with Crippen molar-refractivity contribution in [3.05, 3.63) is 35.4 Å². The zero-order valence-electron chi connectivity index (χ0n) is 6.48. The first kappa shape index (κ1) is 9.98. The Morgan fingerprint density at radius 3 is 2.23 bits per heavy atom. The van der Waals surface area contributed by atoms with Crippen LogP contribution < -0.4 is 5.73 Å². The van der Waals surface area contributed by atoms with Crippen LogP contribution in [0.2, 0.25) is 0 Å². The monoisotopic (exact) mass is 193 g/mol. The van der Waals surface area contributed by atoms with Gasteiger partial charge in [0.2, 0.25) is 0 Å². The third-order valence-corrected chi connectivity index (χ3v) is 1.59. The third kappa shape index (κ3) is 2.18. The van der Waals surface area contributed by atoms with Gasteiger partial charge in [0.05, 0.1) is 6.04 Å². The van der Waals surface area contributed by atoms with Gasteiger partial charge in [-0.15, -0.1) is 0 Å². The molecule has 0 bridgehead atoms. The first-order valence-corrected chi connectivity index (χ1v) is 3.51. The first-order valence-electron chi connectivity index (χ1n) is 3.51. The molecule has 1 aromatic rings. The second-order valence-electron chi connectivity index (χ2n) is 2.53. The van der Waals surface area contributed by atoms with Crippen molar-refractivity contribution >= 4 is 0 Å². The van der Waals surface area contributed by atoms with E-state index in [0.29, 0.717) is 6.07 Å². The van der Waals surface area contributed by atoms with Crippen molar-refractivity contribution in [2.75, 3.05) is 0 Å². The maximum atomic E-state index is 12.8. The van der Waals surface area contributed by atoms with Crippen LogP contribution in [0, 0.1) is 11.6 Å². The van der Waals surface area contributed by atoms with Crippen molar-refractivity contribution in [1.82, 2.24) is 0 Å². The highest BCUT2D eigenvalue weighted by Gasteiger charge is 2.20. The number of nitrogens with two attached hydrogens (primary N) is 1. The van der Waals surface area contributed by atoms with Gasteiger partial charge in [0.1, 0.15) is 11.6 Å². The number of benzene rings is 1. The van der Waals surface area contributed by atoms with E-state index in [1.165, 1.54) is 0 Å². The predicted molar refractivity (Wildman–Crippen MR) is 39.3 cm³/mol. The molecular weight excluding hydrogens is 186 g/mol. The molecule has 0 heterocycles. The van der Waals surface area contributed by atoms with E-state index in [1.807, 2.05) is 0 Å². The lowest BCUT2D eigenvalue weighted by Crippen LogP contribution is -2.20. The van der Waals surface area contributed by atoms with Crippen molar-refractivity contribution in [3.8, 4) is 0 Å². The molecule has 0 spiro atoms. The fourth-order valence-corrected chi connectivity index (χ4v) is 0.908. The molecule has 72 valence electrons. The molecule has 0 saturated heterocycles. The molecule has 0 unspecified atom stereocenters. The van der Waals surface area contributed by atoms with Crippen molar-refractivity contribution < 1.29 is 17.6 Å². The zero-order chi connectivity index (χ0) is 10.0. The summed E-state index contributed by atoms with van der Waals surface area (Å²) in [5.74, 6) is -1.87. The summed E-state index contributed by atoms with van der Waals surface area (Å²) in [6.45, 7) is 0. The zero-order valence-corrected chi connectivity index (χ0v) is 6.48. The topological polar surface area (TPSA) is 26.0 Å². The third-order valence-electron chi connectivity index (χ3n) is 1.59. The molecule has 0 fully saturated rings. The van der Waals surface area contributed by atoms with Crippen LogP contribution in [0.3, 0.4) is 0 Å². The van der Waals surface area contributed by atoms with Crippen LogP contribution in [0.5, 0.6) is 0 Å². The Kier molecular flexibility index (Phi) is 2.87. The van der Waals surface area contributed by atoms with Crippen LogP contribution in [0.15, 0.2) is 18.2 Å². The van der Waals surface area contributed by atoms with Crippen molar-refractivity contribution in [1.29, 1.82) is 0 Å². The van der Waals surface area contributed by atoms with E-state index in [4.69, 9.17) is 5.73 Å². The Morgan fingerprint density at radius 2 is 1.77 bits per heavy atom. The highest BCUT2D eigenvalue weighted by atomic mass is 19.3. The SMILES string of the molecule is N[C@@H](c1ccc(F)cc1F)C(F)F. The molecule has 2 N–H and O–H groups in total. The van der Waals surface area contributed by atoms with E-state index in [9.17, 15) is 17.6 Å². The number of rotatable bonds is 2. The van der Waals surface area contributed by atoms with Crippen LogP contribution in [0.25, 0.3) is 0 Å². The van der Waals surface area contributed by atoms with Gasteiger partial charge >= 0.3 is 0 Å². The minimum Gasteiger partial charge on any atom is -0.319 e. The van der Waals surface area contributed by atoms with Crippen LogP contribution in [0.1, 0.15) is 11.6 Å². The molecule has 5 heteroatoms. The van der Waals surface area contributed by atoms with E-state index in [1.54, 1.807) is 0 Å². The molecule has 0 aliphatic rings. The summed E-state index contributed by atoms with van der Waals surface area (Å²) < 4.78 is 49.2. The van der Waals surface area contributed by atoms with Gasteiger partial charge in [0.25, 0.3) is 6.43 Å². The minimum absolute atomic E-state index is 0.378. The summed E-state index contributed by atoms with van der Waals surface area (Å²) in [5, 5.41) is 0. The molecule has 0 aliphatic carbocycles. The molecule has 1 nitrogen and oxygen atoms in total. The molecule has 0 amide bonds. The first-order chi connectivity index (χ1) is 6.02. The maximum Gasteiger partial charge on any atom is 0.257 e. The van der Waals surface area contributed by atoms with Gasteiger partial charge < -0.3 is 5.73 Å². The summed E-state index contributed by atoms with van der Waals surface area (Å²) >= 11 is 0. The molecule has 1 atom stereocenters. The summed E-state index contributed by atoms with van der Waals surface area (Å²) in [7, 11) is 0. The smallest absolute Gasteiger partial charge is 0.257 e. The Morgan fingerprint density at radius 1 is 1.15 bits per heavy atom. The van der Waals surface area contributed by atoms with Gasteiger partial charge in [-0.1, -0.05) is 6.07 Å². The minimum atomic E-state index is -2.86. The largest absolute Gasteiger partial charge is 0.319 e. The lowest BCUT2D eigenvalue weighted by Gasteiger charge is -2.11. The maximum absolute atomic E-state index is 12.8. The lowest BCUT2D eigenvalue weighted by molar-refractivity contribution is 0.114. The Labute approximate surface area is 72.2 Å². The highest BCUT2D eigenvalue weighted by molar-refractivity contribution is 5.22. The van der Waals surface area contributed by atoms with E-state index < -0.39 is 24.1 Å². The average Bonchev–Trinajstić information content (AvgIpc) is 2.03. The van der Waals surface area contributed by atoms with Gasteiger partial charge in [-0.3, -0.25) is 0 Å². The summed E-state index contributed by atoms with van der Waals surface area (Å²) in [4.78, 5) is 0. The fraction of sp³-hybridized carbons (Fsp3) is 0.250. The van der Waals surface area contributed by atoms with Crippen molar-refractivity contribution in [2.45, 2.75) is 12.5 Å². The summed E-state index contributed by atoms with van der Waals surface area (Å²) in [6.07, 6.45) is -2.86. The molecule has 0 saturated carbocycles. The van der Waals surface area contributed by atoms with Crippen molar-refractivity contribution in [2.24, 2.45) is 5.73 Å². The van der Waals surface area contributed by atoms with Gasteiger partial charge in [-0.2, -0.15) is 0 Å². The number of halogens is 4. The number of hydrogen-bond acceptors (Lipinski definition) is 1. The summed E-state index contributed by atoms with van der Waals surface area (Å²) in [6, 6.07) is 0.625. The Bertz CT molecular complexity index is 300. The normalized spacial score (nSPS) is 13.4. The van der Waals surface area contributed by atoms with Crippen LogP contribution >= 0.6 is 0 Å². The van der Waals surface area contributed by atoms with Crippen molar-refractivity contribution in [3.63, 3.8) is 0 Å². The quantitative estimate of drug-likeness (QED) is 0.716. The van der Waals surface area contributed by atoms with Gasteiger partial charge in [-0.05, 0) is 6.07 Å². The van der Waals surface area contributed by atoms with E-state index in [-0.39, 0.29) is 5.56 Å². The molecule has 1 rings (SSSR count). The molecule has 13 heavy (non-hydrogen) atoms. The van der Waals surface area contributed by atoms with Gasteiger partial charge in [0, 0.05) is 11.6 Å². The van der Waals surface area contributed by atoms with Crippen LogP contribution in [0.4, 0.5) is 17.6 Å². The van der Waals surface area contributed by atoms with Crippen LogP contribution in [-0.2, 0) is 0 Å². The van der Waals surface area contributed by atoms with E-state index in [0.717, 1.165) is 12.1 Å². The van der Waals surface area contributed by atoms with Gasteiger partial charge in [-0.25, -0.2) is 17.6 Å². The Balaban J connectivity index is 3.01. The molecule has 1 aromatic carbocycles. The molecule has 0 radical (unpaired) electrons. The Hall–Kier alpha value is -1.10. The number of alkyl halides is 2. The van der Waals surface area contributed by atoms with E-state index >= 15 is 0 Å². The standard InChI is InChI=1S/C8H7F4N/c9-4-1-2-5(6(10)3-4)7(13)8(11)12/h1-3,7-8H,13H2/t7-/m0/s1. The summed E-state index contributed by atoms with van der Waals surface area (Å²) in [5.41, 5.74) is 4.60.